The number of amides is 1. The fourth-order valence-electron chi connectivity index (χ4n) is 2.00. The fourth-order valence-corrected chi connectivity index (χ4v) is 2.66. The Bertz CT molecular complexity index is 903. The summed E-state index contributed by atoms with van der Waals surface area (Å²) in [5.41, 5.74) is 0.591. The molecule has 0 radical (unpaired) electrons. The highest BCUT2D eigenvalue weighted by molar-refractivity contribution is 14.1. The van der Waals surface area contributed by atoms with E-state index in [1.165, 1.54) is 37.5 Å². The minimum atomic E-state index is -0.652. The van der Waals surface area contributed by atoms with Crippen molar-refractivity contribution in [2.75, 3.05) is 12.4 Å². The normalized spacial score (nSPS) is 10.7. The van der Waals surface area contributed by atoms with Gasteiger partial charge in [0.2, 0.25) is 0 Å². The predicted octanol–water partition coefficient (Wildman–Crippen LogP) is 3.75. The summed E-state index contributed by atoms with van der Waals surface area (Å²) >= 11 is 2.10. The molecule has 0 fully saturated rings. The van der Waals surface area contributed by atoms with E-state index in [0.717, 1.165) is 3.57 Å². The SMILES string of the molecule is COc1cc(I)cc(/C=C(\C#N)C(=O)Nc2cccc([N+](=O)[O-])c2)c1. The number of carbonyl (C=O) groups is 1. The number of non-ortho nitro benzene ring substituents is 1. The van der Waals surface area contributed by atoms with Crippen LogP contribution in [0.2, 0.25) is 0 Å². The van der Waals surface area contributed by atoms with Crippen LogP contribution in [-0.2, 0) is 4.79 Å². The molecule has 0 aliphatic carbocycles. The van der Waals surface area contributed by atoms with Crippen LogP contribution < -0.4 is 10.1 Å². The number of benzene rings is 2. The molecule has 1 amide bonds. The summed E-state index contributed by atoms with van der Waals surface area (Å²) in [6.07, 6.45) is 1.43. The molecule has 2 aromatic rings. The number of methoxy groups -OCH3 is 1. The number of nitrogens with zero attached hydrogens (tertiary/aromatic N) is 2. The van der Waals surface area contributed by atoms with Crippen LogP contribution >= 0.6 is 22.6 Å². The van der Waals surface area contributed by atoms with Gasteiger partial charge in [0.05, 0.1) is 12.0 Å². The molecule has 0 saturated carbocycles. The zero-order chi connectivity index (χ0) is 18.4. The van der Waals surface area contributed by atoms with Crippen LogP contribution in [0.5, 0.6) is 5.75 Å². The summed E-state index contributed by atoms with van der Waals surface area (Å²) in [4.78, 5) is 22.5. The maximum atomic E-state index is 12.3. The molecule has 25 heavy (non-hydrogen) atoms. The highest BCUT2D eigenvalue weighted by atomic mass is 127. The quantitative estimate of drug-likeness (QED) is 0.246. The van der Waals surface area contributed by atoms with Gasteiger partial charge in [0.25, 0.3) is 11.6 Å². The van der Waals surface area contributed by atoms with E-state index in [2.05, 4.69) is 27.9 Å². The van der Waals surface area contributed by atoms with E-state index < -0.39 is 10.8 Å². The van der Waals surface area contributed by atoms with Gasteiger partial charge in [0.1, 0.15) is 17.4 Å². The minimum absolute atomic E-state index is 0.129. The number of nitro benzene ring substituents is 1. The molecule has 0 atom stereocenters. The van der Waals surface area contributed by atoms with Crippen molar-refractivity contribution in [1.29, 1.82) is 5.26 Å². The van der Waals surface area contributed by atoms with Crippen LogP contribution in [0.4, 0.5) is 11.4 Å². The third kappa shape index (κ3) is 5.02. The van der Waals surface area contributed by atoms with E-state index in [1.54, 1.807) is 12.1 Å². The van der Waals surface area contributed by atoms with Gasteiger partial charge in [-0.2, -0.15) is 5.26 Å². The molecule has 0 spiro atoms. The summed E-state index contributed by atoms with van der Waals surface area (Å²) in [6, 6.07) is 12.6. The Balaban J connectivity index is 2.27. The van der Waals surface area contributed by atoms with E-state index in [4.69, 9.17) is 4.74 Å². The smallest absolute Gasteiger partial charge is 0.271 e. The Morgan fingerprint density at radius 3 is 2.76 bits per heavy atom. The number of hydrogen-bond donors (Lipinski definition) is 1. The summed E-state index contributed by atoms with van der Waals surface area (Å²) in [7, 11) is 1.53. The number of hydrogen-bond acceptors (Lipinski definition) is 5. The molecule has 0 aliphatic heterocycles. The minimum Gasteiger partial charge on any atom is -0.497 e. The Kier molecular flexibility index (Phi) is 6.08. The van der Waals surface area contributed by atoms with Gasteiger partial charge in [-0.05, 0) is 58.5 Å². The standard InChI is InChI=1S/C17H12IN3O4/c1-25-16-7-11(6-13(18)8-16)5-12(10-19)17(22)20-14-3-2-4-15(9-14)21(23)24/h2-9H,1H3,(H,20,22)/b12-5+. The van der Waals surface area contributed by atoms with Gasteiger partial charge in [0, 0.05) is 21.4 Å². The van der Waals surface area contributed by atoms with Crippen molar-refractivity contribution in [3.8, 4) is 11.8 Å². The van der Waals surface area contributed by atoms with Gasteiger partial charge >= 0.3 is 0 Å². The lowest BCUT2D eigenvalue weighted by Gasteiger charge is -2.05. The molecule has 1 N–H and O–H groups in total. The molecule has 2 aromatic carbocycles. The van der Waals surface area contributed by atoms with Gasteiger partial charge in [-0.25, -0.2) is 0 Å². The average molecular weight is 449 g/mol. The van der Waals surface area contributed by atoms with Crippen LogP contribution in [0.15, 0.2) is 48.0 Å². The first-order valence-corrected chi connectivity index (χ1v) is 8.03. The monoisotopic (exact) mass is 449 g/mol. The molecule has 0 unspecified atom stereocenters. The third-order valence-corrected chi connectivity index (χ3v) is 3.74. The first-order chi connectivity index (χ1) is 11.9. The van der Waals surface area contributed by atoms with Crippen molar-refractivity contribution >= 4 is 45.9 Å². The first kappa shape index (κ1) is 18.4. The van der Waals surface area contributed by atoms with Gasteiger partial charge in [-0.1, -0.05) is 6.07 Å². The lowest BCUT2D eigenvalue weighted by Crippen LogP contribution is -2.13. The highest BCUT2D eigenvalue weighted by Crippen LogP contribution is 2.21. The maximum absolute atomic E-state index is 12.3. The molecule has 2 rings (SSSR count). The molecular formula is C17H12IN3O4. The van der Waals surface area contributed by atoms with Crippen molar-refractivity contribution < 1.29 is 14.5 Å². The largest absolute Gasteiger partial charge is 0.497 e. The number of anilines is 1. The Morgan fingerprint density at radius 2 is 2.12 bits per heavy atom. The van der Waals surface area contributed by atoms with Gasteiger partial charge < -0.3 is 10.1 Å². The molecule has 0 aromatic heterocycles. The second kappa shape index (κ2) is 8.25. The van der Waals surface area contributed by atoms with Crippen LogP contribution in [-0.4, -0.2) is 17.9 Å². The number of halogens is 1. The number of nitro groups is 1. The molecule has 0 aliphatic rings. The van der Waals surface area contributed by atoms with Crippen molar-refractivity contribution in [3.63, 3.8) is 0 Å². The van der Waals surface area contributed by atoms with Crippen LogP contribution in [0.1, 0.15) is 5.56 Å². The molecule has 7 nitrogen and oxygen atoms in total. The number of carbonyl (C=O) groups excluding carboxylic acids is 1. The van der Waals surface area contributed by atoms with Crippen LogP contribution in [0, 0.1) is 25.0 Å². The average Bonchev–Trinajstić information content (AvgIpc) is 2.59. The van der Waals surface area contributed by atoms with Crippen LogP contribution in [0.25, 0.3) is 6.08 Å². The predicted molar refractivity (Wildman–Crippen MR) is 101 cm³/mol. The Hall–Kier alpha value is -2.93. The van der Waals surface area contributed by atoms with Crippen LogP contribution in [0.3, 0.4) is 0 Å². The third-order valence-electron chi connectivity index (χ3n) is 3.12. The Labute approximate surface area is 157 Å². The molecule has 126 valence electrons. The number of nitriles is 1. The van der Waals surface area contributed by atoms with Crippen molar-refractivity contribution in [2.24, 2.45) is 0 Å². The van der Waals surface area contributed by atoms with Crippen molar-refractivity contribution in [1.82, 2.24) is 0 Å². The van der Waals surface area contributed by atoms with E-state index in [0.29, 0.717) is 11.3 Å². The van der Waals surface area contributed by atoms with E-state index in [1.807, 2.05) is 12.1 Å². The molecular weight excluding hydrogens is 437 g/mol. The molecule has 8 heteroatoms. The summed E-state index contributed by atoms with van der Waals surface area (Å²) in [6.45, 7) is 0. The second-order valence-corrected chi connectivity index (χ2v) is 6.10. The lowest BCUT2D eigenvalue weighted by molar-refractivity contribution is -0.384. The summed E-state index contributed by atoms with van der Waals surface area (Å²) < 4.78 is 6.05. The highest BCUT2D eigenvalue weighted by Gasteiger charge is 2.12. The van der Waals surface area contributed by atoms with Crippen molar-refractivity contribution in [3.05, 3.63) is 67.3 Å². The lowest BCUT2D eigenvalue weighted by atomic mass is 10.1. The van der Waals surface area contributed by atoms with Gasteiger partial charge in [-0.3, -0.25) is 14.9 Å². The zero-order valence-corrected chi connectivity index (χ0v) is 15.2. The van der Waals surface area contributed by atoms with Gasteiger partial charge in [-0.15, -0.1) is 0 Å². The fraction of sp³-hybridized carbons (Fsp3) is 0.0588. The molecule has 0 bridgehead atoms. The summed E-state index contributed by atoms with van der Waals surface area (Å²) in [5, 5.41) is 22.5. The summed E-state index contributed by atoms with van der Waals surface area (Å²) in [5.74, 6) is -0.0460. The molecule has 0 heterocycles. The number of nitrogens with one attached hydrogen (secondary N) is 1. The van der Waals surface area contributed by atoms with Crippen molar-refractivity contribution in [2.45, 2.75) is 0 Å². The first-order valence-electron chi connectivity index (χ1n) is 6.95. The number of ether oxygens (including phenoxy) is 1. The van der Waals surface area contributed by atoms with E-state index >= 15 is 0 Å². The Morgan fingerprint density at radius 1 is 1.36 bits per heavy atom. The number of rotatable bonds is 5. The van der Waals surface area contributed by atoms with Gasteiger partial charge in [0.15, 0.2) is 0 Å². The van der Waals surface area contributed by atoms with E-state index in [9.17, 15) is 20.2 Å². The zero-order valence-electron chi connectivity index (χ0n) is 13.0. The molecule has 0 saturated heterocycles. The topological polar surface area (TPSA) is 105 Å². The maximum Gasteiger partial charge on any atom is 0.271 e. The van der Waals surface area contributed by atoms with E-state index in [-0.39, 0.29) is 16.9 Å². The second-order valence-electron chi connectivity index (χ2n) is 4.86.